The largest absolute Gasteiger partial charge is 0.355 e. The van der Waals surface area contributed by atoms with Crippen molar-refractivity contribution in [2.24, 2.45) is 11.8 Å². The molecule has 1 aliphatic rings. The molecule has 0 aromatic heterocycles. The van der Waals surface area contributed by atoms with Crippen molar-refractivity contribution in [3.63, 3.8) is 0 Å². The highest BCUT2D eigenvalue weighted by atomic mass is 79.9. The number of likely N-dealkylation sites (tertiary alicyclic amines) is 1. The summed E-state index contributed by atoms with van der Waals surface area (Å²) in [5.74, 6) is 1.14. The summed E-state index contributed by atoms with van der Waals surface area (Å²) < 4.78 is 0. The second-order valence-electron chi connectivity index (χ2n) is 5.27. The molecule has 0 saturated carbocycles. The van der Waals surface area contributed by atoms with Crippen LogP contribution in [0.15, 0.2) is 0 Å². The maximum atomic E-state index is 11.8. The third-order valence-corrected chi connectivity index (χ3v) is 5.03. The fourth-order valence-electron chi connectivity index (χ4n) is 2.15. The first-order chi connectivity index (χ1) is 8.04. The molecular formula is C13H25BrN2O. The van der Waals surface area contributed by atoms with Crippen LogP contribution in [0.25, 0.3) is 0 Å². The smallest absolute Gasteiger partial charge is 0.234 e. The first-order valence-electron chi connectivity index (χ1n) is 6.68. The Morgan fingerprint density at radius 3 is 2.47 bits per heavy atom. The van der Waals surface area contributed by atoms with Gasteiger partial charge < -0.3 is 10.2 Å². The number of carbonyl (C=O) groups is 1. The van der Waals surface area contributed by atoms with Gasteiger partial charge in [0.2, 0.25) is 5.91 Å². The average molecular weight is 305 g/mol. The van der Waals surface area contributed by atoms with Gasteiger partial charge in [-0.2, -0.15) is 0 Å². The normalized spacial score (nSPS) is 20.5. The molecule has 1 atom stereocenters. The summed E-state index contributed by atoms with van der Waals surface area (Å²) in [6.07, 6.45) is 2.42. The monoisotopic (exact) mass is 304 g/mol. The highest BCUT2D eigenvalue weighted by Crippen LogP contribution is 2.17. The molecule has 4 heteroatoms. The van der Waals surface area contributed by atoms with E-state index in [1.807, 2.05) is 0 Å². The summed E-state index contributed by atoms with van der Waals surface area (Å²) in [5, 5.41) is 3.06. The third kappa shape index (κ3) is 4.96. The molecule has 1 rings (SSSR count). The van der Waals surface area contributed by atoms with Crippen LogP contribution in [0.4, 0.5) is 0 Å². The lowest BCUT2D eigenvalue weighted by Gasteiger charge is -2.31. The Balaban J connectivity index is 2.21. The molecule has 1 heterocycles. The predicted octanol–water partition coefficient (Wildman–Crippen LogP) is 2.25. The van der Waals surface area contributed by atoms with Crippen molar-refractivity contribution in [2.45, 2.75) is 38.4 Å². The third-order valence-electron chi connectivity index (χ3n) is 3.56. The molecular weight excluding hydrogens is 280 g/mol. The Kier molecular flexibility index (Phi) is 6.49. The average Bonchev–Trinajstić information content (AvgIpc) is 2.35. The Bertz CT molecular complexity index is 238. The van der Waals surface area contributed by atoms with Crippen molar-refractivity contribution < 1.29 is 4.79 Å². The summed E-state index contributed by atoms with van der Waals surface area (Å²) in [7, 11) is 0. The molecule has 3 nitrogen and oxygen atoms in total. The van der Waals surface area contributed by atoms with Crippen LogP contribution in [0.3, 0.4) is 0 Å². The Morgan fingerprint density at radius 1 is 1.41 bits per heavy atom. The molecule has 0 spiro atoms. The maximum Gasteiger partial charge on any atom is 0.234 e. The molecule has 1 saturated heterocycles. The van der Waals surface area contributed by atoms with Crippen molar-refractivity contribution in [3.05, 3.63) is 0 Å². The van der Waals surface area contributed by atoms with Crippen LogP contribution in [0, 0.1) is 11.8 Å². The molecule has 1 aliphatic heterocycles. The topological polar surface area (TPSA) is 32.3 Å². The lowest BCUT2D eigenvalue weighted by atomic mass is 9.96. The zero-order chi connectivity index (χ0) is 12.8. The fraction of sp³-hybridized carbons (Fsp3) is 0.923. The van der Waals surface area contributed by atoms with Gasteiger partial charge in [0, 0.05) is 6.54 Å². The molecule has 0 radical (unpaired) electrons. The summed E-state index contributed by atoms with van der Waals surface area (Å²) in [4.78, 5) is 14.2. The Morgan fingerprint density at radius 2 is 2.00 bits per heavy atom. The Hall–Kier alpha value is -0.0900. The number of rotatable bonds is 5. The van der Waals surface area contributed by atoms with Crippen LogP contribution in [0.2, 0.25) is 0 Å². The second kappa shape index (κ2) is 7.37. The number of piperidine rings is 1. The van der Waals surface area contributed by atoms with Gasteiger partial charge in [-0.1, -0.05) is 36.7 Å². The number of nitrogens with zero attached hydrogens (tertiary/aromatic N) is 1. The van der Waals surface area contributed by atoms with E-state index in [2.05, 4.69) is 46.9 Å². The lowest BCUT2D eigenvalue weighted by molar-refractivity contribution is -0.121. The molecule has 1 fully saturated rings. The first-order valence-corrected chi connectivity index (χ1v) is 7.60. The van der Waals surface area contributed by atoms with Crippen molar-refractivity contribution in [1.29, 1.82) is 0 Å². The highest BCUT2D eigenvalue weighted by molar-refractivity contribution is 9.10. The van der Waals surface area contributed by atoms with Crippen LogP contribution >= 0.6 is 15.9 Å². The van der Waals surface area contributed by atoms with Crippen LogP contribution in [-0.4, -0.2) is 41.8 Å². The van der Waals surface area contributed by atoms with E-state index in [0.29, 0.717) is 11.8 Å². The van der Waals surface area contributed by atoms with Crippen molar-refractivity contribution >= 4 is 21.8 Å². The fourth-order valence-corrected chi connectivity index (χ4v) is 2.31. The van der Waals surface area contributed by atoms with Gasteiger partial charge in [-0.05, 0) is 44.3 Å². The number of hydrogen-bond donors (Lipinski definition) is 1. The number of nitrogens with one attached hydrogen (secondary N) is 1. The zero-order valence-electron chi connectivity index (χ0n) is 11.2. The van der Waals surface area contributed by atoms with E-state index in [-0.39, 0.29) is 10.7 Å². The van der Waals surface area contributed by atoms with Crippen LogP contribution in [0.5, 0.6) is 0 Å². The molecule has 100 valence electrons. The zero-order valence-corrected chi connectivity index (χ0v) is 12.8. The lowest BCUT2D eigenvalue weighted by Crippen LogP contribution is -2.41. The van der Waals surface area contributed by atoms with Gasteiger partial charge in [-0.25, -0.2) is 0 Å². The minimum Gasteiger partial charge on any atom is -0.355 e. The van der Waals surface area contributed by atoms with Gasteiger partial charge in [0.05, 0.1) is 4.83 Å². The molecule has 1 amide bonds. The van der Waals surface area contributed by atoms with Gasteiger partial charge in [-0.3, -0.25) is 4.79 Å². The SMILES string of the molecule is CCN1CCC(CNC(=O)C(Br)C(C)C)CC1. The van der Waals surface area contributed by atoms with Crippen LogP contribution in [-0.2, 0) is 4.79 Å². The first kappa shape index (κ1) is 15.0. The number of halogens is 1. The molecule has 0 aromatic carbocycles. The van der Waals surface area contributed by atoms with Gasteiger partial charge in [0.25, 0.3) is 0 Å². The molecule has 0 aromatic rings. The Labute approximate surface area is 113 Å². The van der Waals surface area contributed by atoms with Gasteiger partial charge in [0.15, 0.2) is 0 Å². The number of alkyl halides is 1. The van der Waals surface area contributed by atoms with E-state index < -0.39 is 0 Å². The highest BCUT2D eigenvalue weighted by Gasteiger charge is 2.21. The molecule has 1 N–H and O–H groups in total. The maximum absolute atomic E-state index is 11.8. The molecule has 0 aliphatic carbocycles. The summed E-state index contributed by atoms with van der Waals surface area (Å²) in [6, 6.07) is 0. The van der Waals surface area contributed by atoms with Crippen LogP contribution < -0.4 is 5.32 Å². The van der Waals surface area contributed by atoms with Crippen molar-refractivity contribution in [2.75, 3.05) is 26.2 Å². The second-order valence-corrected chi connectivity index (χ2v) is 6.26. The number of hydrogen-bond acceptors (Lipinski definition) is 2. The summed E-state index contributed by atoms with van der Waals surface area (Å²) in [6.45, 7) is 10.7. The van der Waals surface area contributed by atoms with E-state index in [1.54, 1.807) is 0 Å². The van der Waals surface area contributed by atoms with Crippen molar-refractivity contribution in [1.82, 2.24) is 10.2 Å². The van der Waals surface area contributed by atoms with E-state index in [4.69, 9.17) is 0 Å². The van der Waals surface area contributed by atoms with Crippen LogP contribution in [0.1, 0.15) is 33.6 Å². The molecule has 17 heavy (non-hydrogen) atoms. The van der Waals surface area contributed by atoms with E-state index in [1.165, 1.54) is 25.9 Å². The standard InChI is InChI=1S/C13H25BrN2O/c1-4-16-7-5-11(6-8-16)9-15-13(17)12(14)10(2)3/h10-12H,4-9H2,1-3H3,(H,15,17). The minimum absolute atomic E-state index is 0.0572. The molecule has 0 bridgehead atoms. The van der Waals surface area contributed by atoms with Gasteiger partial charge in [-0.15, -0.1) is 0 Å². The number of amides is 1. The predicted molar refractivity (Wildman–Crippen MR) is 75.4 cm³/mol. The quantitative estimate of drug-likeness (QED) is 0.790. The van der Waals surface area contributed by atoms with Gasteiger partial charge in [0.1, 0.15) is 0 Å². The van der Waals surface area contributed by atoms with E-state index in [9.17, 15) is 4.79 Å². The van der Waals surface area contributed by atoms with Crippen molar-refractivity contribution in [3.8, 4) is 0 Å². The summed E-state index contributed by atoms with van der Waals surface area (Å²) in [5.41, 5.74) is 0. The van der Waals surface area contributed by atoms with E-state index >= 15 is 0 Å². The number of carbonyl (C=O) groups excluding carboxylic acids is 1. The minimum atomic E-state index is -0.0572. The summed E-state index contributed by atoms with van der Waals surface area (Å²) >= 11 is 3.43. The van der Waals surface area contributed by atoms with E-state index in [0.717, 1.165) is 13.1 Å². The molecule has 1 unspecified atom stereocenters. The van der Waals surface area contributed by atoms with Gasteiger partial charge >= 0.3 is 0 Å².